The third kappa shape index (κ3) is 4.56. The van der Waals surface area contributed by atoms with Crippen LogP contribution in [0.2, 0.25) is 0 Å². The second-order valence-corrected chi connectivity index (χ2v) is 4.42. The van der Waals surface area contributed by atoms with Crippen molar-refractivity contribution in [2.45, 2.75) is 12.8 Å². The maximum atomic E-state index is 9.30. The molecule has 0 aliphatic rings. The Labute approximate surface area is 117 Å². The summed E-state index contributed by atoms with van der Waals surface area (Å²) in [5.74, 6) is 1.77. The molecule has 1 atom stereocenters. The van der Waals surface area contributed by atoms with Crippen molar-refractivity contribution in [1.29, 1.82) is 0 Å². The predicted molar refractivity (Wildman–Crippen MR) is 76.5 cm³/mol. The number of ether oxygens (including phenoxy) is 1. The quantitative estimate of drug-likeness (QED) is 0.630. The van der Waals surface area contributed by atoms with Crippen molar-refractivity contribution in [2.75, 3.05) is 5.88 Å². The Kier molecular flexibility index (Phi) is 5.21. The zero-order valence-corrected chi connectivity index (χ0v) is 11.2. The normalized spacial score (nSPS) is 12.1. The Morgan fingerprint density at radius 1 is 1.00 bits per heavy atom. The van der Waals surface area contributed by atoms with Crippen molar-refractivity contribution < 1.29 is 9.84 Å². The molecule has 1 unspecified atom stereocenters. The van der Waals surface area contributed by atoms with Crippen molar-refractivity contribution in [3.05, 3.63) is 60.2 Å². The van der Waals surface area contributed by atoms with Gasteiger partial charge in [0.1, 0.15) is 17.7 Å². The van der Waals surface area contributed by atoms with Gasteiger partial charge in [-0.15, -0.1) is 11.6 Å². The number of alkyl halides is 1. The monoisotopic (exact) mass is 277 g/mol. The van der Waals surface area contributed by atoms with Gasteiger partial charge in [-0.25, -0.2) is 0 Å². The van der Waals surface area contributed by atoms with Crippen LogP contribution in [0.25, 0.3) is 0 Å². The first kappa shape index (κ1) is 13.9. The van der Waals surface area contributed by atoms with Gasteiger partial charge >= 0.3 is 0 Å². The fraction of sp³-hybridized carbons (Fsp3) is 0.200. The molecule has 0 radical (unpaired) electrons. The minimum atomic E-state index is -0.679. The second kappa shape index (κ2) is 7.14. The molecule has 2 aromatic rings. The molecular weight excluding hydrogens is 262 g/mol. The molecule has 0 heterocycles. The smallest absolute Gasteiger partial charge is 0.127 e. The van der Waals surface area contributed by atoms with Gasteiger partial charge in [-0.2, -0.15) is 0 Å². The average Bonchev–Trinajstić information content (AvgIpc) is 2.47. The molecule has 0 bridgehead atoms. The van der Waals surface area contributed by atoms with Crippen LogP contribution in [-0.4, -0.2) is 17.2 Å². The fourth-order valence-corrected chi connectivity index (χ4v) is 1.70. The first-order valence-corrected chi connectivity index (χ1v) is 6.60. The van der Waals surface area contributed by atoms with Crippen molar-refractivity contribution >= 4 is 11.6 Å². The van der Waals surface area contributed by atoms with E-state index in [1.165, 1.54) is 0 Å². The van der Waals surface area contributed by atoms with Crippen LogP contribution in [0, 0.1) is 0 Å². The van der Waals surface area contributed by atoms with Gasteiger partial charge in [0.25, 0.3) is 0 Å². The van der Waals surface area contributed by atoms with E-state index in [4.69, 9.17) is 16.3 Å². The number of benzene rings is 2. The highest BCUT2D eigenvalue weighted by Gasteiger charge is 2.01. The molecule has 0 saturated heterocycles. The maximum Gasteiger partial charge on any atom is 0.127 e. The van der Waals surface area contributed by atoms with Gasteiger partial charge in [-0.1, -0.05) is 30.3 Å². The summed E-state index contributed by atoms with van der Waals surface area (Å²) < 4.78 is 5.69. The largest absolute Gasteiger partial charge is 0.457 e. The van der Waals surface area contributed by atoms with Gasteiger partial charge in [0.15, 0.2) is 0 Å². The molecule has 3 nitrogen and oxygen atoms in total. The maximum absolute atomic E-state index is 9.30. The number of halogens is 1. The van der Waals surface area contributed by atoms with E-state index >= 15 is 0 Å². The summed E-state index contributed by atoms with van der Waals surface area (Å²) in [5, 5.41) is 12.2. The zero-order chi connectivity index (χ0) is 13.5. The van der Waals surface area contributed by atoms with E-state index in [9.17, 15) is 5.11 Å². The van der Waals surface area contributed by atoms with E-state index in [1.807, 2.05) is 54.6 Å². The number of nitrogens with one attached hydrogen (secondary N) is 1. The van der Waals surface area contributed by atoms with E-state index < -0.39 is 6.23 Å². The summed E-state index contributed by atoms with van der Waals surface area (Å²) in [7, 11) is 0. The molecule has 2 N–H and O–H groups in total. The molecule has 0 amide bonds. The number of rotatable bonds is 6. The average molecular weight is 278 g/mol. The van der Waals surface area contributed by atoms with Crippen LogP contribution in [0.5, 0.6) is 11.5 Å². The lowest BCUT2D eigenvalue weighted by Crippen LogP contribution is -2.29. The van der Waals surface area contributed by atoms with Gasteiger partial charge in [-0.05, 0) is 29.8 Å². The first-order chi connectivity index (χ1) is 9.28. The molecule has 0 spiro atoms. The Morgan fingerprint density at radius 3 is 2.26 bits per heavy atom. The van der Waals surface area contributed by atoms with Crippen molar-refractivity contribution in [1.82, 2.24) is 5.32 Å². The summed E-state index contributed by atoms with van der Waals surface area (Å²) >= 11 is 5.50. The van der Waals surface area contributed by atoms with Crippen LogP contribution in [-0.2, 0) is 6.54 Å². The topological polar surface area (TPSA) is 41.5 Å². The number of aliphatic hydroxyl groups excluding tert-OH is 1. The minimum absolute atomic E-state index is 0.176. The predicted octanol–water partition coefficient (Wildman–Crippen LogP) is 3.13. The van der Waals surface area contributed by atoms with Crippen LogP contribution in [0.15, 0.2) is 54.6 Å². The highest BCUT2D eigenvalue weighted by molar-refractivity contribution is 6.18. The number of hydrogen-bond donors (Lipinski definition) is 2. The lowest BCUT2D eigenvalue weighted by Gasteiger charge is -2.10. The third-order valence-corrected chi connectivity index (χ3v) is 2.88. The van der Waals surface area contributed by atoms with Gasteiger partial charge in [-0.3, -0.25) is 5.32 Å². The summed E-state index contributed by atoms with van der Waals surface area (Å²) in [5.41, 5.74) is 1.06. The van der Waals surface area contributed by atoms with Crippen molar-refractivity contribution in [3.63, 3.8) is 0 Å². The molecule has 0 aliphatic carbocycles. The fourth-order valence-electron chi connectivity index (χ4n) is 1.59. The Balaban J connectivity index is 1.91. The van der Waals surface area contributed by atoms with E-state index in [2.05, 4.69) is 5.32 Å². The van der Waals surface area contributed by atoms with Crippen LogP contribution in [0.1, 0.15) is 5.56 Å². The van der Waals surface area contributed by atoms with Crippen molar-refractivity contribution in [2.24, 2.45) is 0 Å². The van der Waals surface area contributed by atoms with Gasteiger partial charge in [0.2, 0.25) is 0 Å². The van der Waals surface area contributed by atoms with Crippen LogP contribution >= 0.6 is 11.6 Å². The van der Waals surface area contributed by atoms with E-state index in [0.717, 1.165) is 17.1 Å². The Hall–Kier alpha value is -1.55. The number of hydrogen-bond acceptors (Lipinski definition) is 3. The molecule has 0 aliphatic heterocycles. The highest BCUT2D eigenvalue weighted by Crippen LogP contribution is 2.20. The van der Waals surface area contributed by atoms with Gasteiger partial charge < -0.3 is 9.84 Å². The van der Waals surface area contributed by atoms with Crippen LogP contribution in [0.3, 0.4) is 0 Å². The molecule has 2 rings (SSSR count). The van der Waals surface area contributed by atoms with Crippen LogP contribution < -0.4 is 10.1 Å². The molecule has 19 heavy (non-hydrogen) atoms. The molecular formula is C15H16ClNO2. The Bertz CT molecular complexity index is 487. The lowest BCUT2D eigenvalue weighted by molar-refractivity contribution is 0.158. The number of aliphatic hydroxyl groups is 1. The minimum Gasteiger partial charge on any atom is -0.457 e. The molecule has 0 fully saturated rings. The van der Waals surface area contributed by atoms with Gasteiger partial charge in [0.05, 0.1) is 5.88 Å². The van der Waals surface area contributed by atoms with Crippen molar-refractivity contribution in [3.8, 4) is 11.5 Å². The third-order valence-electron chi connectivity index (χ3n) is 2.59. The second-order valence-electron chi connectivity index (χ2n) is 4.11. The summed E-state index contributed by atoms with van der Waals surface area (Å²) in [6.45, 7) is 0.569. The van der Waals surface area contributed by atoms with Crippen LogP contribution in [0.4, 0.5) is 0 Å². The van der Waals surface area contributed by atoms with E-state index in [0.29, 0.717) is 6.54 Å². The van der Waals surface area contributed by atoms with Gasteiger partial charge in [0, 0.05) is 6.54 Å². The molecule has 100 valence electrons. The highest BCUT2D eigenvalue weighted by atomic mass is 35.5. The summed E-state index contributed by atoms with van der Waals surface area (Å²) in [4.78, 5) is 0. The molecule has 4 heteroatoms. The molecule has 0 saturated carbocycles. The summed E-state index contributed by atoms with van der Waals surface area (Å²) in [6.07, 6.45) is -0.679. The standard InChI is InChI=1S/C15H16ClNO2/c16-10-15(18)17-11-12-6-8-14(9-7-12)19-13-4-2-1-3-5-13/h1-9,15,17-18H,10-11H2. The summed E-state index contributed by atoms with van der Waals surface area (Å²) in [6, 6.07) is 17.3. The first-order valence-electron chi connectivity index (χ1n) is 6.07. The Morgan fingerprint density at radius 2 is 1.63 bits per heavy atom. The van der Waals surface area contributed by atoms with E-state index in [-0.39, 0.29) is 5.88 Å². The zero-order valence-electron chi connectivity index (χ0n) is 10.4. The number of para-hydroxylation sites is 1. The molecule has 0 aromatic heterocycles. The lowest BCUT2D eigenvalue weighted by atomic mass is 10.2. The van der Waals surface area contributed by atoms with E-state index in [1.54, 1.807) is 0 Å². The SMILES string of the molecule is OC(CCl)NCc1ccc(Oc2ccccc2)cc1. The molecule has 2 aromatic carbocycles.